The number of hydrogen-bond acceptors (Lipinski definition) is 4. The van der Waals surface area contributed by atoms with E-state index in [1.54, 1.807) is 37.2 Å². The Morgan fingerprint density at radius 3 is 2.15 bits per heavy atom. The summed E-state index contributed by atoms with van der Waals surface area (Å²) in [5.41, 5.74) is 0. The van der Waals surface area contributed by atoms with Crippen molar-refractivity contribution in [2.45, 2.75) is 25.4 Å². The van der Waals surface area contributed by atoms with Crippen molar-refractivity contribution in [3.05, 3.63) is 12.7 Å². The Morgan fingerprint density at radius 2 is 1.85 bits per heavy atom. The first kappa shape index (κ1) is 13.6. The summed E-state index contributed by atoms with van der Waals surface area (Å²) in [5.74, 6) is 0. The van der Waals surface area contributed by atoms with Crippen LogP contribution in [-0.4, -0.2) is 20.6 Å². The van der Waals surface area contributed by atoms with Crippen LogP contribution in [0.15, 0.2) is 12.7 Å². The molecule has 0 bridgehead atoms. The molecule has 0 saturated carbocycles. The van der Waals surface area contributed by atoms with Crippen LogP contribution in [0.1, 0.15) is 13.3 Å². The summed E-state index contributed by atoms with van der Waals surface area (Å²) in [6, 6.07) is 2.22. The van der Waals surface area contributed by atoms with E-state index in [0.29, 0.717) is 0 Å². The van der Waals surface area contributed by atoms with Gasteiger partial charge in [-0.15, -0.1) is 6.58 Å². The maximum Gasteiger partial charge on any atom is 0.249 e. The van der Waals surface area contributed by atoms with Gasteiger partial charge in [0.2, 0.25) is 6.37 Å². The highest BCUT2D eigenvalue weighted by Crippen LogP contribution is 2.40. The molecule has 0 rings (SSSR count). The zero-order chi connectivity index (χ0) is 10.2. The van der Waals surface area contributed by atoms with Crippen LogP contribution in [0.25, 0.3) is 0 Å². The molecule has 0 aromatic carbocycles. The van der Waals surface area contributed by atoms with E-state index in [0.717, 1.165) is 6.04 Å². The average Bonchev–Trinajstić information content (AvgIpc) is 2.06. The molecule has 0 aliphatic carbocycles. The van der Waals surface area contributed by atoms with Crippen LogP contribution >= 0.6 is 23.0 Å². The topological polar surface area (TPSA) is 18.5 Å². The third-order valence-corrected chi connectivity index (χ3v) is 10.9. The van der Waals surface area contributed by atoms with Crippen molar-refractivity contribution >= 4 is 29.4 Å². The molecule has 13 heavy (non-hydrogen) atoms. The fourth-order valence-electron chi connectivity index (χ4n) is 1.17. The molecule has 2 nitrogen and oxygen atoms in total. The average molecular weight is 238 g/mol. The van der Waals surface area contributed by atoms with E-state index >= 15 is 0 Å². The van der Waals surface area contributed by atoms with E-state index in [-0.39, 0.29) is 0 Å². The Labute approximate surface area is 90.2 Å². The minimum absolute atomic E-state index is 1.03. The van der Waals surface area contributed by atoms with Crippen LogP contribution in [0.3, 0.4) is 0 Å². The highest BCUT2D eigenvalue weighted by molar-refractivity contribution is 8.55. The third kappa shape index (κ3) is 5.12. The van der Waals surface area contributed by atoms with Crippen molar-refractivity contribution in [2.24, 2.45) is 0 Å². The standard InChI is InChI=1S/C8H18O2S2Si/c1-5-7-13(8-6-2,11-9-3)12-10-4/h5H,1,6-8H2,2-4H3. The lowest BCUT2D eigenvalue weighted by Crippen LogP contribution is -2.25. The van der Waals surface area contributed by atoms with Gasteiger partial charge in [0.1, 0.15) is 0 Å². The van der Waals surface area contributed by atoms with Gasteiger partial charge in [-0.3, -0.25) is 0 Å². The molecule has 0 amide bonds. The molecule has 0 aromatic heterocycles. The van der Waals surface area contributed by atoms with Crippen LogP contribution in [0.2, 0.25) is 12.1 Å². The maximum absolute atomic E-state index is 5.19. The van der Waals surface area contributed by atoms with Crippen LogP contribution in [0.4, 0.5) is 0 Å². The molecule has 0 radical (unpaired) electrons. The van der Waals surface area contributed by atoms with Gasteiger partial charge in [-0.25, -0.2) is 0 Å². The first-order valence-corrected chi connectivity index (χ1v) is 9.64. The van der Waals surface area contributed by atoms with Crippen molar-refractivity contribution in [2.75, 3.05) is 14.2 Å². The summed E-state index contributed by atoms with van der Waals surface area (Å²) in [6.45, 7) is 5.98. The van der Waals surface area contributed by atoms with Crippen molar-refractivity contribution in [3.8, 4) is 0 Å². The summed E-state index contributed by atoms with van der Waals surface area (Å²) in [6.07, 6.45) is 1.62. The van der Waals surface area contributed by atoms with E-state index in [1.165, 1.54) is 12.5 Å². The Hall–Kier alpha value is 0.577. The molecule has 0 unspecified atom stereocenters. The number of rotatable bonds is 8. The Morgan fingerprint density at radius 1 is 1.31 bits per heavy atom. The zero-order valence-corrected chi connectivity index (χ0v) is 11.2. The Bertz CT molecular complexity index is 127. The summed E-state index contributed by atoms with van der Waals surface area (Å²) in [7, 11) is 3.45. The second kappa shape index (κ2) is 7.93. The summed E-state index contributed by atoms with van der Waals surface area (Å²) in [4.78, 5) is 0. The SMILES string of the molecule is C=CC[Si](CCC)(SOC)SOC. The monoisotopic (exact) mass is 238 g/mol. The summed E-state index contributed by atoms with van der Waals surface area (Å²) >= 11 is 3.21. The fraction of sp³-hybridized carbons (Fsp3) is 0.750. The van der Waals surface area contributed by atoms with Gasteiger partial charge in [0.25, 0.3) is 0 Å². The van der Waals surface area contributed by atoms with Crippen molar-refractivity contribution < 1.29 is 8.37 Å². The summed E-state index contributed by atoms with van der Waals surface area (Å²) < 4.78 is 10.4. The minimum atomic E-state index is -1.52. The van der Waals surface area contributed by atoms with Crippen molar-refractivity contribution in [3.63, 3.8) is 0 Å². The van der Waals surface area contributed by atoms with Crippen LogP contribution in [0.5, 0.6) is 0 Å². The molecule has 0 saturated heterocycles. The predicted molar refractivity (Wildman–Crippen MR) is 65.1 cm³/mol. The van der Waals surface area contributed by atoms with Crippen LogP contribution < -0.4 is 0 Å². The second-order valence-corrected chi connectivity index (χ2v) is 12.8. The first-order valence-electron chi connectivity index (χ1n) is 4.29. The van der Waals surface area contributed by atoms with E-state index in [2.05, 4.69) is 13.5 Å². The van der Waals surface area contributed by atoms with Crippen molar-refractivity contribution in [1.29, 1.82) is 0 Å². The van der Waals surface area contributed by atoms with E-state index in [4.69, 9.17) is 8.37 Å². The quantitative estimate of drug-likeness (QED) is 0.365. The van der Waals surface area contributed by atoms with Crippen LogP contribution in [-0.2, 0) is 8.37 Å². The van der Waals surface area contributed by atoms with E-state index in [9.17, 15) is 0 Å². The van der Waals surface area contributed by atoms with Gasteiger partial charge in [0.15, 0.2) is 0 Å². The molecule has 0 atom stereocenters. The van der Waals surface area contributed by atoms with Crippen molar-refractivity contribution in [1.82, 2.24) is 0 Å². The normalized spacial score (nSPS) is 11.6. The van der Waals surface area contributed by atoms with Gasteiger partial charge in [-0.1, -0.05) is 19.4 Å². The second-order valence-electron chi connectivity index (χ2n) is 2.65. The summed E-state index contributed by atoms with van der Waals surface area (Å²) in [5, 5.41) is 0. The lowest BCUT2D eigenvalue weighted by molar-refractivity contribution is 0.492. The molecule has 0 heterocycles. The number of hydrogen-bond donors (Lipinski definition) is 0. The molecule has 0 aliphatic rings. The van der Waals surface area contributed by atoms with Gasteiger partial charge < -0.3 is 8.37 Å². The van der Waals surface area contributed by atoms with E-state index in [1.807, 2.05) is 6.08 Å². The van der Waals surface area contributed by atoms with Gasteiger partial charge in [0, 0.05) is 14.2 Å². The lowest BCUT2D eigenvalue weighted by Gasteiger charge is -2.24. The Kier molecular flexibility index (Phi) is 8.28. The van der Waals surface area contributed by atoms with E-state index < -0.39 is 6.37 Å². The maximum atomic E-state index is 5.19. The zero-order valence-electron chi connectivity index (χ0n) is 8.54. The predicted octanol–water partition coefficient (Wildman–Crippen LogP) is 3.61. The molecule has 0 aromatic rings. The lowest BCUT2D eigenvalue weighted by atomic mass is 10.6. The minimum Gasteiger partial charge on any atom is -0.324 e. The van der Waals surface area contributed by atoms with Gasteiger partial charge in [-0.05, 0) is 35.1 Å². The largest absolute Gasteiger partial charge is 0.324 e. The molecule has 0 aliphatic heterocycles. The molecule has 0 spiro atoms. The van der Waals surface area contributed by atoms with Gasteiger partial charge in [0.05, 0.1) is 0 Å². The fourth-order valence-corrected chi connectivity index (χ4v) is 9.74. The van der Waals surface area contributed by atoms with Gasteiger partial charge in [-0.2, -0.15) is 0 Å². The smallest absolute Gasteiger partial charge is 0.249 e. The first-order chi connectivity index (χ1) is 6.24. The highest BCUT2D eigenvalue weighted by atomic mass is 32.6. The number of allylic oxidation sites excluding steroid dienone is 1. The molecule has 0 N–H and O–H groups in total. The van der Waals surface area contributed by atoms with Crippen LogP contribution in [0, 0.1) is 0 Å². The highest BCUT2D eigenvalue weighted by Gasteiger charge is 2.35. The third-order valence-electron chi connectivity index (χ3n) is 1.56. The molecular weight excluding hydrogens is 220 g/mol. The molecular formula is C8H18O2S2Si. The molecule has 5 heteroatoms. The molecule has 0 fully saturated rings. The molecule has 78 valence electrons. The Balaban J connectivity index is 4.27. The van der Waals surface area contributed by atoms with Gasteiger partial charge >= 0.3 is 0 Å².